The van der Waals surface area contributed by atoms with Gasteiger partial charge in [-0.2, -0.15) is 0 Å². The molecule has 0 aromatic heterocycles. The van der Waals surface area contributed by atoms with E-state index >= 15 is 0 Å². The Morgan fingerprint density at radius 1 is 0.675 bits per heavy atom. The number of thiocarbonyl (C=S) groups is 1. The molecule has 3 rings (SSSR count). The maximum absolute atomic E-state index is 13.9. The number of hydrogen-bond donors (Lipinski definition) is 1. The van der Waals surface area contributed by atoms with Gasteiger partial charge in [-0.15, -0.1) is 0 Å². The van der Waals surface area contributed by atoms with Crippen LogP contribution in [0.25, 0.3) is 0 Å². The summed E-state index contributed by atoms with van der Waals surface area (Å²) >= 11 is 5.71. The molecule has 0 aliphatic carbocycles. The van der Waals surface area contributed by atoms with Crippen LogP contribution in [0.1, 0.15) is 121 Å². The van der Waals surface area contributed by atoms with Gasteiger partial charge in [0.2, 0.25) is 0 Å². The van der Waals surface area contributed by atoms with Gasteiger partial charge in [-0.3, -0.25) is 14.6 Å². The molecule has 0 atom stereocenters. The molecule has 1 fully saturated rings. The van der Waals surface area contributed by atoms with Crippen LogP contribution in [0.15, 0.2) is 60.7 Å². The van der Waals surface area contributed by atoms with Crippen LogP contribution in [0.5, 0.6) is 0 Å². The number of carbonyl (C=O) groups is 1. The third-order valence-electron chi connectivity index (χ3n) is 8.30. The summed E-state index contributed by atoms with van der Waals surface area (Å²) in [5, 5.41) is 3.91. The first-order chi connectivity index (χ1) is 19.6. The fraction of sp³-hybridized carbons (Fsp3) is 0.600. The Balaban J connectivity index is 1.30. The Hall–Kier alpha value is -2.24. The van der Waals surface area contributed by atoms with Crippen molar-refractivity contribution in [2.24, 2.45) is 0 Å². The normalized spacial score (nSPS) is 14.7. The molecule has 2 aromatic rings. The van der Waals surface area contributed by atoms with Crippen molar-refractivity contribution in [1.29, 1.82) is 0 Å². The van der Waals surface area contributed by atoms with Gasteiger partial charge in [-0.1, -0.05) is 164 Å². The summed E-state index contributed by atoms with van der Waals surface area (Å²) in [7, 11) is 2.09. The zero-order chi connectivity index (χ0) is 28.5. The molecule has 0 bridgehead atoms. The number of nitrogens with zero attached hydrogens (tertiary/aromatic N) is 2. The first-order valence-electron chi connectivity index (χ1n) is 16.0. The van der Waals surface area contributed by atoms with Gasteiger partial charge in [0.05, 0.1) is 6.67 Å². The lowest BCUT2D eigenvalue weighted by Gasteiger charge is -2.29. The van der Waals surface area contributed by atoms with Gasteiger partial charge >= 0.3 is 0 Å². The molecular weight excluding hydrogens is 510 g/mol. The summed E-state index contributed by atoms with van der Waals surface area (Å²) in [6.45, 7) is 3.76. The highest BCUT2D eigenvalue weighted by atomic mass is 32.1. The highest BCUT2D eigenvalue weighted by molar-refractivity contribution is 7.80. The van der Waals surface area contributed by atoms with Crippen molar-refractivity contribution in [3.8, 4) is 0 Å². The number of hydrogen-bond acceptors (Lipinski definition) is 3. The van der Waals surface area contributed by atoms with Crippen molar-refractivity contribution in [3.05, 3.63) is 71.8 Å². The topological polar surface area (TPSA) is 35.6 Å². The number of nitrogens with one attached hydrogen (secondary N) is 1. The van der Waals surface area contributed by atoms with Crippen molar-refractivity contribution in [1.82, 2.24) is 15.1 Å². The van der Waals surface area contributed by atoms with Crippen molar-refractivity contribution in [3.63, 3.8) is 0 Å². The number of unbranched alkanes of at least 4 members (excludes halogenated alkanes) is 15. The zero-order valence-electron chi connectivity index (χ0n) is 25.2. The van der Waals surface area contributed by atoms with Crippen LogP contribution in [0.4, 0.5) is 0 Å². The minimum absolute atomic E-state index is 0.00581. The Labute approximate surface area is 249 Å². The Kier molecular flexibility index (Phi) is 14.7. The molecule has 40 heavy (non-hydrogen) atoms. The van der Waals surface area contributed by atoms with E-state index in [0.717, 1.165) is 24.1 Å². The molecule has 1 saturated heterocycles. The standard InChI is InChI=1S/C35H53N3OS/c1-3-4-5-6-7-8-9-10-11-12-13-14-15-16-17-24-29-37(2)30-38-33(39)35(36-34(38)40,31-25-20-18-21-26-31)32-27-22-19-23-28-32/h18-23,25-28H,3-17,24,29-30H2,1-2H3,(H,36,40). The second-order valence-electron chi connectivity index (χ2n) is 11.7. The second kappa shape index (κ2) is 18.2. The van der Waals surface area contributed by atoms with Crippen molar-refractivity contribution >= 4 is 23.2 Å². The van der Waals surface area contributed by atoms with Crippen LogP contribution in [0.2, 0.25) is 0 Å². The molecule has 1 aliphatic heterocycles. The smallest absolute Gasteiger partial charge is 0.264 e. The van der Waals surface area contributed by atoms with Crippen LogP contribution in [0, 0.1) is 0 Å². The third kappa shape index (κ3) is 9.69. The zero-order valence-corrected chi connectivity index (χ0v) is 26.0. The van der Waals surface area contributed by atoms with Gasteiger partial charge in [0.1, 0.15) is 0 Å². The number of carbonyl (C=O) groups excluding carboxylic acids is 1. The lowest BCUT2D eigenvalue weighted by atomic mass is 9.83. The molecule has 1 aliphatic rings. The fourth-order valence-corrected chi connectivity index (χ4v) is 6.17. The molecule has 1 heterocycles. The summed E-state index contributed by atoms with van der Waals surface area (Å²) in [5.74, 6) is -0.00581. The number of amides is 1. The first kappa shape index (κ1) is 32.3. The third-order valence-corrected chi connectivity index (χ3v) is 8.62. The summed E-state index contributed by atoms with van der Waals surface area (Å²) in [6, 6.07) is 19.9. The fourth-order valence-electron chi connectivity index (χ4n) is 5.88. The molecule has 1 N–H and O–H groups in total. The maximum atomic E-state index is 13.9. The number of benzene rings is 2. The van der Waals surface area contributed by atoms with E-state index in [1.165, 1.54) is 96.3 Å². The second-order valence-corrected chi connectivity index (χ2v) is 12.1. The molecule has 2 aromatic carbocycles. The van der Waals surface area contributed by atoms with Gasteiger partial charge < -0.3 is 5.32 Å². The Morgan fingerprint density at radius 2 is 1.07 bits per heavy atom. The predicted molar refractivity (Wildman–Crippen MR) is 173 cm³/mol. The maximum Gasteiger partial charge on any atom is 0.264 e. The quantitative estimate of drug-likeness (QED) is 0.122. The lowest BCUT2D eigenvalue weighted by Crippen LogP contribution is -2.46. The van der Waals surface area contributed by atoms with Crippen LogP contribution < -0.4 is 5.32 Å². The minimum Gasteiger partial charge on any atom is -0.341 e. The molecule has 0 spiro atoms. The SMILES string of the molecule is CCCCCCCCCCCCCCCCCCN(C)CN1C(=O)C(c2ccccc2)(c2ccccc2)NC1=S. The van der Waals surface area contributed by atoms with Gasteiger partial charge in [0.25, 0.3) is 5.91 Å². The molecule has 1 amide bonds. The number of rotatable bonds is 21. The van der Waals surface area contributed by atoms with E-state index in [2.05, 4.69) is 24.2 Å². The van der Waals surface area contributed by atoms with Gasteiger partial charge in [-0.25, -0.2) is 0 Å². The Bertz CT molecular complexity index is 941. The molecule has 0 saturated carbocycles. The first-order valence-corrected chi connectivity index (χ1v) is 16.4. The molecule has 0 unspecified atom stereocenters. The van der Waals surface area contributed by atoms with Gasteiger partial charge in [0, 0.05) is 0 Å². The van der Waals surface area contributed by atoms with E-state index in [0.29, 0.717) is 11.8 Å². The molecular formula is C35H53N3OS. The summed E-state index contributed by atoms with van der Waals surface area (Å²) in [4.78, 5) is 17.9. The van der Waals surface area contributed by atoms with Crippen LogP contribution >= 0.6 is 12.2 Å². The van der Waals surface area contributed by atoms with E-state index in [1.54, 1.807) is 4.90 Å². The van der Waals surface area contributed by atoms with Crippen molar-refractivity contribution in [2.75, 3.05) is 20.3 Å². The summed E-state index contributed by atoms with van der Waals surface area (Å²) in [5.41, 5.74) is 0.849. The van der Waals surface area contributed by atoms with Gasteiger partial charge in [0.15, 0.2) is 10.7 Å². The predicted octanol–water partition coefficient (Wildman–Crippen LogP) is 8.80. The van der Waals surface area contributed by atoms with E-state index < -0.39 is 5.54 Å². The molecule has 220 valence electrons. The van der Waals surface area contributed by atoms with Crippen LogP contribution in [-0.4, -0.2) is 41.1 Å². The largest absolute Gasteiger partial charge is 0.341 e. The van der Waals surface area contributed by atoms with Crippen molar-refractivity contribution in [2.45, 2.75) is 115 Å². The highest BCUT2D eigenvalue weighted by Gasteiger charge is 2.52. The van der Waals surface area contributed by atoms with E-state index in [1.807, 2.05) is 60.7 Å². The van der Waals surface area contributed by atoms with Gasteiger partial charge in [-0.05, 0) is 43.4 Å². The highest BCUT2D eigenvalue weighted by Crippen LogP contribution is 2.36. The molecule has 4 nitrogen and oxygen atoms in total. The monoisotopic (exact) mass is 563 g/mol. The average Bonchev–Trinajstić information content (AvgIpc) is 3.23. The van der Waals surface area contributed by atoms with E-state index in [9.17, 15) is 4.79 Å². The average molecular weight is 564 g/mol. The van der Waals surface area contributed by atoms with Crippen molar-refractivity contribution < 1.29 is 4.79 Å². The molecule has 0 radical (unpaired) electrons. The van der Waals surface area contributed by atoms with Crippen LogP contribution in [0.3, 0.4) is 0 Å². The van der Waals surface area contributed by atoms with E-state index in [-0.39, 0.29) is 5.91 Å². The molecule has 5 heteroatoms. The van der Waals surface area contributed by atoms with E-state index in [4.69, 9.17) is 12.2 Å². The van der Waals surface area contributed by atoms with Crippen LogP contribution in [-0.2, 0) is 10.3 Å². The minimum atomic E-state index is -0.977. The Morgan fingerprint density at radius 3 is 1.50 bits per heavy atom. The lowest BCUT2D eigenvalue weighted by molar-refractivity contribution is -0.131. The summed E-state index contributed by atoms with van der Waals surface area (Å²) in [6.07, 6.45) is 22.0. The summed E-state index contributed by atoms with van der Waals surface area (Å²) < 4.78 is 0.